The van der Waals surface area contributed by atoms with E-state index >= 15 is 0 Å². The van der Waals surface area contributed by atoms with Crippen LogP contribution in [0.25, 0.3) is 23.2 Å². The number of fused-ring (bicyclic) bond motifs is 1. The number of aryl methyl sites for hydroxylation is 1. The Hall–Kier alpha value is -2.28. The number of aromatic nitrogens is 1. The summed E-state index contributed by atoms with van der Waals surface area (Å²) < 4.78 is 2.20. The summed E-state index contributed by atoms with van der Waals surface area (Å²) in [6, 6.07) is 17.3. The van der Waals surface area contributed by atoms with Crippen LogP contribution in [0, 0.1) is 6.92 Å². The van der Waals surface area contributed by atoms with Gasteiger partial charge < -0.3 is 4.57 Å². The van der Waals surface area contributed by atoms with Crippen molar-refractivity contribution in [2.24, 2.45) is 0 Å². The van der Waals surface area contributed by atoms with E-state index in [1.54, 1.807) is 0 Å². The molecule has 0 N–H and O–H groups in total. The fourth-order valence-electron chi connectivity index (χ4n) is 2.76. The summed E-state index contributed by atoms with van der Waals surface area (Å²) >= 11 is 0. The highest BCUT2D eigenvalue weighted by Crippen LogP contribution is 2.23. The number of hydrogen-bond donors (Lipinski definition) is 0. The summed E-state index contributed by atoms with van der Waals surface area (Å²) in [4.78, 5) is 0. The first-order chi connectivity index (χ1) is 10.4. The summed E-state index contributed by atoms with van der Waals surface area (Å²) in [7, 11) is 0. The van der Waals surface area contributed by atoms with E-state index in [1.165, 1.54) is 27.6 Å². The van der Waals surface area contributed by atoms with Crippen LogP contribution >= 0.6 is 0 Å². The zero-order chi connectivity index (χ0) is 15.7. The molecule has 0 fully saturated rings. The van der Waals surface area contributed by atoms with Gasteiger partial charge in [0.1, 0.15) is 0 Å². The highest BCUT2D eigenvalue weighted by atomic mass is 14.9. The SMILES string of the molecule is Cc1cn(/C=C\c2ccc(C(C)(C)C)cc2)c2ccccc12. The Balaban J connectivity index is 1.90. The van der Waals surface area contributed by atoms with Gasteiger partial charge in [-0.3, -0.25) is 0 Å². The van der Waals surface area contributed by atoms with Crippen molar-refractivity contribution in [1.29, 1.82) is 0 Å². The quantitative estimate of drug-likeness (QED) is 0.555. The Morgan fingerprint density at radius 2 is 1.59 bits per heavy atom. The molecule has 0 aliphatic carbocycles. The van der Waals surface area contributed by atoms with Gasteiger partial charge in [-0.05, 0) is 41.2 Å². The van der Waals surface area contributed by atoms with Gasteiger partial charge in [-0.2, -0.15) is 0 Å². The van der Waals surface area contributed by atoms with Crippen LogP contribution < -0.4 is 0 Å². The zero-order valence-corrected chi connectivity index (χ0v) is 13.8. The molecule has 0 bridgehead atoms. The van der Waals surface area contributed by atoms with Gasteiger partial charge in [0, 0.05) is 17.8 Å². The number of rotatable bonds is 2. The molecule has 2 aromatic carbocycles. The van der Waals surface area contributed by atoms with Gasteiger partial charge in [-0.25, -0.2) is 0 Å². The van der Waals surface area contributed by atoms with Crippen molar-refractivity contribution in [3.05, 3.63) is 71.4 Å². The van der Waals surface area contributed by atoms with E-state index in [0.29, 0.717) is 0 Å². The van der Waals surface area contributed by atoms with Crippen molar-refractivity contribution >= 4 is 23.2 Å². The van der Waals surface area contributed by atoms with Crippen LogP contribution in [0.5, 0.6) is 0 Å². The lowest BCUT2D eigenvalue weighted by atomic mass is 9.87. The van der Waals surface area contributed by atoms with E-state index in [0.717, 1.165) is 0 Å². The molecule has 3 rings (SSSR count). The average molecular weight is 289 g/mol. The minimum Gasteiger partial charge on any atom is -0.323 e. The van der Waals surface area contributed by atoms with Gasteiger partial charge in [-0.1, -0.05) is 63.2 Å². The fraction of sp³-hybridized carbons (Fsp3) is 0.238. The smallest absolute Gasteiger partial charge is 0.0525 e. The zero-order valence-electron chi connectivity index (χ0n) is 13.8. The number of nitrogens with zero attached hydrogens (tertiary/aromatic N) is 1. The van der Waals surface area contributed by atoms with Gasteiger partial charge in [0.2, 0.25) is 0 Å². The second kappa shape index (κ2) is 5.49. The lowest BCUT2D eigenvalue weighted by molar-refractivity contribution is 0.590. The highest BCUT2D eigenvalue weighted by Gasteiger charge is 2.12. The van der Waals surface area contributed by atoms with Crippen molar-refractivity contribution in [1.82, 2.24) is 4.57 Å². The van der Waals surface area contributed by atoms with Crippen molar-refractivity contribution in [3.8, 4) is 0 Å². The van der Waals surface area contributed by atoms with E-state index in [4.69, 9.17) is 0 Å². The van der Waals surface area contributed by atoms with E-state index in [9.17, 15) is 0 Å². The van der Waals surface area contributed by atoms with Gasteiger partial charge in [0.05, 0.1) is 5.52 Å². The van der Waals surface area contributed by atoms with E-state index in [1.807, 2.05) is 0 Å². The van der Waals surface area contributed by atoms with Crippen LogP contribution in [0.1, 0.15) is 37.5 Å². The largest absolute Gasteiger partial charge is 0.323 e. The van der Waals surface area contributed by atoms with Crippen LogP contribution in [0.3, 0.4) is 0 Å². The van der Waals surface area contributed by atoms with Crippen molar-refractivity contribution in [2.45, 2.75) is 33.1 Å². The van der Waals surface area contributed by atoms with Crippen molar-refractivity contribution < 1.29 is 0 Å². The molecule has 1 aromatic heterocycles. The standard InChI is InChI=1S/C21H23N/c1-16-15-22(20-8-6-5-7-19(16)20)14-13-17-9-11-18(12-10-17)21(2,3)4/h5-15H,1-4H3/b14-13-. The maximum atomic E-state index is 2.24. The molecule has 112 valence electrons. The fourth-order valence-corrected chi connectivity index (χ4v) is 2.76. The molecular weight excluding hydrogens is 266 g/mol. The number of benzene rings is 2. The summed E-state index contributed by atoms with van der Waals surface area (Å²) in [5, 5.41) is 1.32. The summed E-state index contributed by atoms with van der Waals surface area (Å²) in [5.74, 6) is 0. The molecule has 0 aliphatic heterocycles. The molecule has 1 heterocycles. The average Bonchev–Trinajstić information content (AvgIpc) is 2.82. The third kappa shape index (κ3) is 2.85. The monoisotopic (exact) mass is 289 g/mol. The van der Waals surface area contributed by atoms with Crippen molar-refractivity contribution in [3.63, 3.8) is 0 Å². The molecule has 1 nitrogen and oxygen atoms in total. The molecule has 1 heteroatoms. The Morgan fingerprint density at radius 3 is 2.27 bits per heavy atom. The molecule has 0 atom stereocenters. The highest BCUT2D eigenvalue weighted by molar-refractivity contribution is 5.86. The Morgan fingerprint density at radius 1 is 0.909 bits per heavy atom. The maximum Gasteiger partial charge on any atom is 0.0525 e. The summed E-state index contributed by atoms with van der Waals surface area (Å²) in [6.45, 7) is 8.89. The topological polar surface area (TPSA) is 4.93 Å². The lowest BCUT2D eigenvalue weighted by Gasteiger charge is -2.18. The predicted octanol–water partition coefficient (Wildman–Crippen LogP) is 5.88. The van der Waals surface area contributed by atoms with Crippen molar-refractivity contribution in [2.75, 3.05) is 0 Å². The van der Waals surface area contributed by atoms with Gasteiger partial charge in [0.15, 0.2) is 0 Å². The third-order valence-corrected chi connectivity index (χ3v) is 4.14. The maximum absolute atomic E-state index is 2.24. The van der Waals surface area contributed by atoms with Gasteiger partial charge in [0.25, 0.3) is 0 Å². The molecule has 22 heavy (non-hydrogen) atoms. The van der Waals surface area contributed by atoms with Crippen LogP contribution in [0.15, 0.2) is 54.7 Å². The Labute approximate surface area is 132 Å². The molecule has 0 saturated heterocycles. The molecule has 0 radical (unpaired) electrons. The molecular formula is C21H23N. The Kier molecular flexibility index (Phi) is 3.66. The predicted molar refractivity (Wildman–Crippen MR) is 97.0 cm³/mol. The summed E-state index contributed by atoms with van der Waals surface area (Å²) in [5.41, 5.74) is 5.36. The minimum absolute atomic E-state index is 0.204. The first kappa shape index (κ1) is 14.6. The van der Waals surface area contributed by atoms with Crippen LogP contribution in [-0.2, 0) is 5.41 Å². The molecule has 0 saturated carbocycles. The van der Waals surface area contributed by atoms with Crippen LogP contribution in [0.4, 0.5) is 0 Å². The summed E-state index contributed by atoms with van der Waals surface area (Å²) in [6.07, 6.45) is 6.49. The molecule has 3 aromatic rings. The second-order valence-electron chi connectivity index (χ2n) is 6.92. The molecule has 0 spiro atoms. The van der Waals surface area contributed by atoms with Gasteiger partial charge in [-0.15, -0.1) is 0 Å². The van der Waals surface area contributed by atoms with Crippen LogP contribution in [0.2, 0.25) is 0 Å². The van der Waals surface area contributed by atoms with E-state index < -0.39 is 0 Å². The van der Waals surface area contributed by atoms with Crippen LogP contribution in [-0.4, -0.2) is 4.57 Å². The minimum atomic E-state index is 0.204. The molecule has 0 amide bonds. The van der Waals surface area contributed by atoms with Gasteiger partial charge >= 0.3 is 0 Å². The first-order valence-electron chi connectivity index (χ1n) is 7.80. The second-order valence-corrected chi connectivity index (χ2v) is 6.92. The molecule has 0 unspecified atom stereocenters. The first-order valence-corrected chi connectivity index (χ1v) is 7.80. The number of para-hydroxylation sites is 1. The third-order valence-electron chi connectivity index (χ3n) is 4.14. The lowest BCUT2D eigenvalue weighted by Crippen LogP contribution is -2.10. The molecule has 0 aliphatic rings. The Bertz CT molecular complexity index is 811. The van der Waals surface area contributed by atoms with E-state index in [-0.39, 0.29) is 5.41 Å². The normalized spacial score (nSPS) is 12.4. The van der Waals surface area contributed by atoms with E-state index in [2.05, 4.69) is 99.3 Å². The number of hydrogen-bond acceptors (Lipinski definition) is 0.